The molecule has 11 aromatic rings. The van der Waals surface area contributed by atoms with Crippen LogP contribution in [0.1, 0.15) is 105 Å². The molecule has 0 saturated heterocycles. The van der Waals surface area contributed by atoms with Gasteiger partial charge >= 0.3 is 491 Å². The van der Waals surface area contributed by atoms with Gasteiger partial charge in [-0.3, -0.25) is 0 Å². The minimum atomic E-state index is 0.0508. The molecule has 0 bridgehead atoms. The first-order chi connectivity index (χ1) is 37.2. The number of nitrogens with zero attached hydrogens (tertiary/aromatic N) is 2. The molecule has 0 aliphatic carbocycles. The Morgan fingerprint density at radius 1 is 0.282 bits per heavy atom. The quantitative estimate of drug-likeness (QED) is 0.189. The second-order valence-corrected chi connectivity index (χ2v) is 35.7. The molecule has 8 heteroatoms. The molecule has 0 radical (unpaired) electrons. The van der Waals surface area contributed by atoms with E-state index in [9.17, 15) is 0 Å². The Bertz CT molecular complexity index is 4030. The van der Waals surface area contributed by atoms with Crippen LogP contribution in [0.25, 0.3) is 55.0 Å². The van der Waals surface area contributed by atoms with Crippen molar-refractivity contribution in [3.8, 4) is 11.4 Å². The van der Waals surface area contributed by atoms with Crippen molar-refractivity contribution in [2.24, 2.45) is 0 Å². The van der Waals surface area contributed by atoms with E-state index in [1.54, 1.807) is 48.6 Å². The number of hydrogen-bond acceptors (Lipinski definition) is 0. The zero-order chi connectivity index (χ0) is 53.7. The summed E-state index contributed by atoms with van der Waals surface area (Å²) in [5.41, 5.74) is 22.9. The van der Waals surface area contributed by atoms with E-state index in [0.717, 1.165) is 0 Å². The second-order valence-electron chi connectivity index (χ2n) is 26.6. The van der Waals surface area contributed by atoms with E-state index in [0.29, 0.717) is 0 Å². The average molecular weight is 1270 g/mol. The Morgan fingerprint density at radius 3 is 0.885 bits per heavy atom. The summed E-state index contributed by atoms with van der Waals surface area (Å²) in [6.45, 7) is 28.6. The molecule has 0 unspecified atom stereocenters. The number of aromatic nitrogens is 2. The number of fused-ring (bicyclic) bond motifs is 14. The second kappa shape index (κ2) is 17.2. The number of hydrogen-bond donors (Lipinski definition) is 0. The van der Waals surface area contributed by atoms with Crippen molar-refractivity contribution in [3.63, 3.8) is 0 Å². The molecule has 2 aromatic heterocycles. The van der Waals surface area contributed by atoms with E-state index in [1.165, 1.54) is 97.1 Å². The maximum absolute atomic E-state index is 2.76. The minimum absolute atomic E-state index is 0.0508. The van der Waals surface area contributed by atoms with Crippen LogP contribution in [0.15, 0.2) is 158 Å². The van der Waals surface area contributed by atoms with Crippen LogP contribution < -0.4 is 68.5 Å². The molecule has 9 aromatic carbocycles. The van der Waals surface area contributed by atoms with Gasteiger partial charge in [-0.2, -0.15) is 0 Å². The molecule has 0 saturated carbocycles. The molecular formula is C70H62B2N2Se4. The van der Waals surface area contributed by atoms with Crippen LogP contribution >= 0.6 is 0 Å². The van der Waals surface area contributed by atoms with E-state index < -0.39 is 0 Å². The first-order valence-corrected chi connectivity index (χ1v) is 34.6. The van der Waals surface area contributed by atoms with Gasteiger partial charge in [-0.05, 0) is 0 Å². The molecule has 4 aliphatic heterocycles. The SMILES string of the molecule is CC(C)(C)c1ccc2c(c1)c1cc(C(C)(C)C)ccc1n2-c1cc2c3c(c1)[Se]c1cc4c(cc1B3c1ccccc1[Se]2)B1c2ccccc2[Se]c2cc(-n3c5ccc(C(C)(C)C)cc5c5cc(C(C)(C)C)ccc53)cc(c21)[Se]4. The monoisotopic (exact) mass is 1270 g/mol. The predicted molar refractivity (Wildman–Crippen MR) is 345 cm³/mol. The predicted octanol–water partition coefficient (Wildman–Crippen LogP) is 5.98. The van der Waals surface area contributed by atoms with Crippen LogP contribution in [0.2, 0.25) is 0 Å². The van der Waals surface area contributed by atoms with Crippen molar-refractivity contribution in [2.45, 2.75) is 105 Å². The molecule has 0 spiro atoms. The molecule has 0 fully saturated rings. The summed E-state index contributed by atoms with van der Waals surface area (Å²) in [5.74, 6) is 0. The standard InChI is InChI=1S/C70H62B2N2Se4/c1-67(2,3)39-21-25-53-45(29-39)46-30-40(68(4,5)6)22-26-54(46)73(53)43-33-61-65-63(35-43)77-59-38-60-52(37-51(59)71(65)49-17-13-15-19-57(49)75-61)72-50-18-14-16-20-58(50)76-62-34-44(36-64(78-60)66(62)72)74-55-27-23-41(69(7,8)9)31-47(55)48-32-42(70(10,11)12)24-28-56(48)74/h13-38H,1-12H3. The molecule has 0 N–H and O–H groups in total. The zero-order valence-corrected chi connectivity index (χ0v) is 53.5. The van der Waals surface area contributed by atoms with Crippen molar-refractivity contribution < 1.29 is 0 Å². The first kappa shape index (κ1) is 49.8. The van der Waals surface area contributed by atoms with E-state index in [4.69, 9.17) is 0 Å². The summed E-state index contributed by atoms with van der Waals surface area (Å²) >= 11 is 0.620. The van der Waals surface area contributed by atoms with Crippen LogP contribution in [0.5, 0.6) is 0 Å². The Kier molecular flexibility index (Phi) is 11.0. The van der Waals surface area contributed by atoms with Crippen molar-refractivity contribution in [1.82, 2.24) is 9.13 Å². The van der Waals surface area contributed by atoms with Crippen molar-refractivity contribution in [3.05, 3.63) is 180 Å². The fraction of sp³-hybridized carbons (Fsp3) is 0.229. The van der Waals surface area contributed by atoms with Gasteiger partial charge in [0.2, 0.25) is 0 Å². The topological polar surface area (TPSA) is 9.86 Å². The van der Waals surface area contributed by atoms with Crippen LogP contribution in [0.3, 0.4) is 0 Å². The van der Waals surface area contributed by atoms with Crippen LogP contribution in [-0.4, -0.2) is 82.4 Å². The summed E-state index contributed by atoms with van der Waals surface area (Å²) in [5, 5.41) is 5.42. The zero-order valence-electron chi connectivity index (χ0n) is 46.7. The third-order valence-corrected chi connectivity index (χ3v) is 26.9. The average Bonchev–Trinajstić information content (AvgIpc) is 3.96. The Labute approximate surface area is 486 Å². The summed E-state index contributed by atoms with van der Waals surface area (Å²) in [4.78, 5) is 0. The molecule has 78 heavy (non-hydrogen) atoms. The van der Waals surface area contributed by atoms with E-state index in [2.05, 4.69) is 250 Å². The Balaban J connectivity index is 0.919. The van der Waals surface area contributed by atoms with Gasteiger partial charge in [0.1, 0.15) is 0 Å². The fourth-order valence-corrected chi connectivity index (χ4v) is 24.3. The summed E-state index contributed by atoms with van der Waals surface area (Å²) < 4.78 is 17.7. The third-order valence-electron chi connectivity index (χ3n) is 17.4. The molecule has 15 rings (SSSR count). The summed E-state index contributed by atoms with van der Waals surface area (Å²) in [7, 11) is 0. The van der Waals surface area contributed by atoms with Crippen molar-refractivity contribution in [2.75, 3.05) is 0 Å². The van der Waals surface area contributed by atoms with Gasteiger partial charge in [0.15, 0.2) is 0 Å². The third kappa shape index (κ3) is 7.61. The summed E-state index contributed by atoms with van der Waals surface area (Å²) in [6.07, 6.45) is 0. The molecule has 0 amide bonds. The fourth-order valence-electron chi connectivity index (χ4n) is 13.1. The van der Waals surface area contributed by atoms with E-state index in [1.807, 2.05) is 0 Å². The van der Waals surface area contributed by atoms with Crippen LogP contribution in [0.4, 0.5) is 0 Å². The molecule has 6 heterocycles. The Hall–Kier alpha value is -5.21. The van der Waals surface area contributed by atoms with Gasteiger partial charge in [0.25, 0.3) is 0 Å². The van der Waals surface area contributed by atoms with Crippen molar-refractivity contribution in [1.29, 1.82) is 0 Å². The maximum atomic E-state index is 2.76. The van der Waals surface area contributed by atoms with Gasteiger partial charge in [-0.1, -0.05) is 0 Å². The van der Waals surface area contributed by atoms with Gasteiger partial charge in [-0.25, -0.2) is 0 Å². The normalized spacial score (nSPS) is 14.7. The molecule has 2 nitrogen and oxygen atoms in total. The van der Waals surface area contributed by atoms with E-state index in [-0.39, 0.29) is 94.9 Å². The van der Waals surface area contributed by atoms with Crippen LogP contribution in [0, 0.1) is 0 Å². The molecule has 0 atom stereocenters. The molecular weight excluding hydrogens is 1210 g/mol. The summed E-state index contributed by atoms with van der Waals surface area (Å²) in [6, 6.07) is 64.2. The molecule has 4 aliphatic rings. The van der Waals surface area contributed by atoms with E-state index >= 15 is 0 Å². The van der Waals surface area contributed by atoms with Gasteiger partial charge in [0, 0.05) is 0 Å². The van der Waals surface area contributed by atoms with Gasteiger partial charge in [-0.15, -0.1) is 0 Å². The van der Waals surface area contributed by atoms with Crippen molar-refractivity contribution >= 4 is 185 Å². The molecule has 382 valence electrons. The number of rotatable bonds is 2. The van der Waals surface area contributed by atoms with Crippen LogP contribution in [-0.2, 0) is 21.7 Å². The van der Waals surface area contributed by atoms with Gasteiger partial charge in [0.05, 0.1) is 0 Å². The number of benzene rings is 9. The first-order valence-electron chi connectivity index (χ1n) is 27.8. The Morgan fingerprint density at radius 2 is 0.577 bits per heavy atom. The van der Waals surface area contributed by atoms with Gasteiger partial charge < -0.3 is 0 Å².